The molecule has 0 saturated carbocycles. The first-order valence-corrected chi connectivity index (χ1v) is 8.05. The maximum Gasteiger partial charge on any atom is 0.573 e. The molecule has 0 atom stereocenters. The molecule has 0 fully saturated rings. The fourth-order valence-corrected chi connectivity index (χ4v) is 3.06. The zero-order chi connectivity index (χ0) is 18.9. The molecule has 0 unspecified atom stereocenters. The van der Waals surface area contributed by atoms with Gasteiger partial charge < -0.3 is 14.6 Å². The normalized spacial score (nSPS) is 11.6. The summed E-state index contributed by atoms with van der Waals surface area (Å²) < 4.78 is 42.8. The van der Waals surface area contributed by atoms with E-state index >= 15 is 0 Å². The van der Waals surface area contributed by atoms with Gasteiger partial charge in [0.15, 0.2) is 0 Å². The number of fused-ring (bicyclic) bond motifs is 1. The molecule has 1 heterocycles. The predicted molar refractivity (Wildman–Crippen MR) is 93.4 cm³/mol. The third kappa shape index (κ3) is 3.51. The lowest BCUT2D eigenvalue weighted by Crippen LogP contribution is -2.19. The van der Waals surface area contributed by atoms with Crippen LogP contribution in [0.15, 0.2) is 48.5 Å². The number of hydrogen-bond acceptors (Lipinski definition) is 2. The highest BCUT2D eigenvalue weighted by atomic mass is 19.4. The SMILES string of the molecule is CCn1c(C(=O)Nc2cccc(OC(F)(F)F)c2)c(C)c2ccccc21. The second kappa shape index (κ2) is 6.74. The van der Waals surface area contributed by atoms with E-state index in [2.05, 4.69) is 10.1 Å². The number of aromatic nitrogens is 1. The Morgan fingerprint density at radius 1 is 1.15 bits per heavy atom. The summed E-state index contributed by atoms with van der Waals surface area (Å²) in [6.07, 6.45) is -4.78. The van der Waals surface area contributed by atoms with Crippen LogP contribution in [-0.2, 0) is 6.54 Å². The highest BCUT2D eigenvalue weighted by Gasteiger charge is 2.31. The predicted octanol–water partition coefficient (Wildman–Crippen LogP) is 5.12. The largest absolute Gasteiger partial charge is 0.573 e. The van der Waals surface area contributed by atoms with E-state index in [1.54, 1.807) is 0 Å². The molecule has 0 aliphatic rings. The molecule has 136 valence electrons. The van der Waals surface area contributed by atoms with Gasteiger partial charge in [0.25, 0.3) is 5.91 Å². The third-order valence-electron chi connectivity index (χ3n) is 4.08. The lowest BCUT2D eigenvalue weighted by atomic mass is 10.1. The first-order chi connectivity index (χ1) is 12.3. The van der Waals surface area contributed by atoms with Gasteiger partial charge in [-0.2, -0.15) is 0 Å². The summed E-state index contributed by atoms with van der Waals surface area (Å²) in [5, 5.41) is 3.62. The van der Waals surface area contributed by atoms with Crippen LogP contribution in [0.2, 0.25) is 0 Å². The number of amides is 1. The molecule has 0 bridgehead atoms. The number of anilines is 1. The van der Waals surface area contributed by atoms with Crippen LogP contribution < -0.4 is 10.1 Å². The van der Waals surface area contributed by atoms with E-state index in [9.17, 15) is 18.0 Å². The number of halogens is 3. The number of para-hydroxylation sites is 1. The average molecular weight is 362 g/mol. The lowest BCUT2D eigenvalue weighted by molar-refractivity contribution is -0.274. The van der Waals surface area contributed by atoms with Crippen LogP contribution in [-0.4, -0.2) is 16.8 Å². The summed E-state index contributed by atoms with van der Waals surface area (Å²) in [5.41, 5.74) is 2.47. The van der Waals surface area contributed by atoms with E-state index in [4.69, 9.17) is 0 Å². The fraction of sp³-hybridized carbons (Fsp3) is 0.211. The second-order valence-corrected chi connectivity index (χ2v) is 5.76. The summed E-state index contributed by atoms with van der Waals surface area (Å²) in [4.78, 5) is 12.8. The highest BCUT2D eigenvalue weighted by molar-refractivity contribution is 6.08. The number of hydrogen-bond donors (Lipinski definition) is 1. The van der Waals surface area contributed by atoms with Crippen LogP contribution in [0.1, 0.15) is 23.0 Å². The van der Waals surface area contributed by atoms with Crippen molar-refractivity contribution in [1.29, 1.82) is 0 Å². The molecule has 0 spiro atoms. The smallest absolute Gasteiger partial charge is 0.406 e. The van der Waals surface area contributed by atoms with Crippen molar-refractivity contribution in [1.82, 2.24) is 4.57 Å². The molecule has 4 nitrogen and oxygen atoms in total. The third-order valence-corrected chi connectivity index (χ3v) is 4.08. The quantitative estimate of drug-likeness (QED) is 0.700. The van der Waals surface area contributed by atoms with Crippen molar-refractivity contribution in [3.63, 3.8) is 0 Å². The topological polar surface area (TPSA) is 43.3 Å². The molecule has 0 saturated heterocycles. The summed E-state index contributed by atoms with van der Waals surface area (Å²) >= 11 is 0. The summed E-state index contributed by atoms with van der Waals surface area (Å²) in [6.45, 7) is 4.38. The maximum absolute atomic E-state index is 12.8. The van der Waals surface area contributed by atoms with Gasteiger partial charge in [-0.3, -0.25) is 4.79 Å². The Morgan fingerprint density at radius 2 is 1.88 bits per heavy atom. The summed E-state index contributed by atoms with van der Waals surface area (Å²) in [7, 11) is 0. The van der Waals surface area contributed by atoms with Crippen molar-refractivity contribution in [3.8, 4) is 5.75 Å². The molecule has 0 aliphatic heterocycles. The monoisotopic (exact) mass is 362 g/mol. The Morgan fingerprint density at radius 3 is 2.58 bits per heavy atom. The van der Waals surface area contributed by atoms with E-state index in [1.807, 2.05) is 42.7 Å². The van der Waals surface area contributed by atoms with E-state index in [0.717, 1.165) is 22.5 Å². The van der Waals surface area contributed by atoms with E-state index in [1.165, 1.54) is 18.2 Å². The highest BCUT2D eigenvalue weighted by Crippen LogP contribution is 2.28. The molecule has 26 heavy (non-hydrogen) atoms. The number of carbonyl (C=O) groups excluding carboxylic acids is 1. The maximum atomic E-state index is 12.8. The Bertz CT molecular complexity index is 961. The molecule has 2 aromatic carbocycles. The number of aryl methyl sites for hydroxylation is 2. The summed E-state index contributed by atoms with van der Waals surface area (Å²) in [6, 6.07) is 12.9. The first-order valence-electron chi connectivity index (χ1n) is 8.05. The van der Waals surface area contributed by atoms with E-state index in [-0.39, 0.29) is 17.3 Å². The minimum atomic E-state index is -4.78. The van der Waals surface area contributed by atoms with Crippen molar-refractivity contribution >= 4 is 22.5 Å². The van der Waals surface area contributed by atoms with E-state index in [0.29, 0.717) is 12.2 Å². The van der Waals surface area contributed by atoms with Gasteiger partial charge in [0.05, 0.1) is 0 Å². The average Bonchev–Trinajstić information content (AvgIpc) is 2.86. The number of benzene rings is 2. The van der Waals surface area contributed by atoms with Gasteiger partial charge >= 0.3 is 6.36 Å². The minimum absolute atomic E-state index is 0.226. The summed E-state index contributed by atoms with van der Waals surface area (Å²) in [5.74, 6) is -0.771. The van der Waals surface area contributed by atoms with Crippen molar-refractivity contribution in [3.05, 3.63) is 59.8 Å². The van der Waals surface area contributed by atoms with Crippen LogP contribution in [0, 0.1) is 6.92 Å². The number of nitrogens with one attached hydrogen (secondary N) is 1. The molecule has 7 heteroatoms. The second-order valence-electron chi connectivity index (χ2n) is 5.76. The number of ether oxygens (including phenoxy) is 1. The van der Waals surface area contributed by atoms with Crippen LogP contribution in [0.4, 0.5) is 18.9 Å². The van der Waals surface area contributed by atoms with Gasteiger partial charge in [-0.15, -0.1) is 13.2 Å². The van der Waals surface area contributed by atoms with Crippen molar-refractivity contribution in [2.45, 2.75) is 26.8 Å². The number of rotatable bonds is 4. The Balaban J connectivity index is 1.93. The standard InChI is InChI=1S/C19H17F3N2O2/c1-3-24-16-10-5-4-9-15(16)12(2)17(24)18(25)23-13-7-6-8-14(11-13)26-19(20,21)22/h4-11H,3H2,1-2H3,(H,23,25). The zero-order valence-corrected chi connectivity index (χ0v) is 14.2. The Hall–Kier alpha value is -2.96. The fourth-order valence-electron chi connectivity index (χ4n) is 3.06. The molecule has 1 amide bonds. The molecule has 0 radical (unpaired) electrons. The van der Waals surface area contributed by atoms with Crippen molar-refractivity contribution < 1.29 is 22.7 Å². The molecule has 3 aromatic rings. The Kier molecular flexibility index (Phi) is 4.63. The van der Waals surface area contributed by atoms with Crippen molar-refractivity contribution in [2.24, 2.45) is 0 Å². The molecule has 3 rings (SSSR count). The van der Waals surface area contributed by atoms with Crippen LogP contribution in [0.5, 0.6) is 5.75 Å². The molecule has 1 aromatic heterocycles. The number of nitrogens with zero attached hydrogens (tertiary/aromatic N) is 1. The van der Waals surface area contributed by atoms with Gasteiger partial charge in [0.1, 0.15) is 11.4 Å². The number of carbonyl (C=O) groups is 1. The van der Waals surface area contributed by atoms with Gasteiger partial charge in [0.2, 0.25) is 0 Å². The van der Waals surface area contributed by atoms with Gasteiger partial charge in [-0.05, 0) is 37.6 Å². The first kappa shape index (κ1) is 17.8. The Labute approximate surface area is 148 Å². The molecule has 0 aliphatic carbocycles. The van der Waals surface area contributed by atoms with Crippen LogP contribution in [0.25, 0.3) is 10.9 Å². The van der Waals surface area contributed by atoms with Gasteiger partial charge in [0, 0.05) is 29.2 Å². The van der Waals surface area contributed by atoms with Crippen LogP contribution >= 0.6 is 0 Å². The van der Waals surface area contributed by atoms with Gasteiger partial charge in [-0.25, -0.2) is 0 Å². The van der Waals surface area contributed by atoms with Crippen LogP contribution in [0.3, 0.4) is 0 Å². The van der Waals surface area contributed by atoms with Crippen molar-refractivity contribution in [2.75, 3.05) is 5.32 Å². The zero-order valence-electron chi connectivity index (χ0n) is 14.2. The number of alkyl halides is 3. The lowest BCUT2D eigenvalue weighted by Gasteiger charge is -2.12. The molecular weight excluding hydrogens is 345 g/mol. The molecular formula is C19H17F3N2O2. The van der Waals surface area contributed by atoms with Gasteiger partial charge in [-0.1, -0.05) is 24.3 Å². The van der Waals surface area contributed by atoms with E-state index < -0.39 is 6.36 Å². The molecule has 1 N–H and O–H groups in total. The minimum Gasteiger partial charge on any atom is -0.406 e.